The summed E-state index contributed by atoms with van der Waals surface area (Å²) in [5.74, 6) is 0. The largest absolute Gasteiger partial charge is 0.381 e. The first-order chi connectivity index (χ1) is 9.01. The smallest absolute Gasteiger partial charge is 0.0594 e. The van der Waals surface area contributed by atoms with Crippen LogP contribution in [-0.2, 0) is 9.47 Å². The fourth-order valence-corrected chi connectivity index (χ4v) is 2.61. The molecule has 0 N–H and O–H groups in total. The normalized spacial score (nSPS) is 19.6. The zero-order valence-corrected chi connectivity index (χ0v) is 13.4. The minimum atomic E-state index is 0.448. The Labute approximate surface area is 119 Å². The number of ether oxygens (including phenoxy) is 2. The van der Waals surface area contributed by atoms with E-state index in [-0.39, 0.29) is 0 Å². The van der Waals surface area contributed by atoms with Gasteiger partial charge in [-0.15, -0.1) is 0 Å². The average molecular weight is 271 g/mol. The van der Waals surface area contributed by atoms with Crippen LogP contribution in [0.4, 0.5) is 0 Å². The standard InChI is InChI=1S/C16H33NO2/c1-16(2,3)9-5-7-15(18-4)8-6-10-17-11-13-19-14-12-17/h15H,5-14H2,1-4H3/t15-/m1/s1. The summed E-state index contributed by atoms with van der Waals surface area (Å²) in [5.41, 5.74) is 0.450. The maximum Gasteiger partial charge on any atom is 0.0594 e. The molecule has 1 rings (SSSR count). The first kappa shape index (κ1) is 16.9. The van der Waals surface area contributed by atoms with Crippen molar-refractivity contribution in [2.24, 2.45) is 5.41 Å². The van der Waals surface area contributed by atoms with E-state index in [2.05, 4.69) is 25.7 Å². The molecule has 1 heterocycles. The lowest BCUT2D eigenvalue weighted by Gasteiger charge is -2.27. The highest BCUT2D eigenvalue weighted by Crippen LogP contribution is 2.23. The van der Waals surface area contributed by atoms with Crippen molar-refractivity contribution in [1.29, 1.82) is 0 Å². The van der Waals surface area contributed by atoms with Crippen LogP contribution in [0, 0.1) is 5.41 Å². The van der Waals surface area contributed by atoms with Gasteiger partial charge in [0.15, 0.2) is 0 Å². The van der Waals surface area contributed by atoms with E-state index in [1.165, 1.54) is 38.6 Å². The van der Waals surface area contributed by atoms with E-state index in [0.717, 1.165) is 26.3 Å². The highest BCUT2D eigenvalue weighted by molar-refractivity contribution is 4.67. The van der Waals surface area contributed by atoms with Crippen molar-refractivity contribution in [2.75, 3.05) is 40.0 Å². The highest BCUT2D eigenvalue weighted by atomic mass is 16.5. The molecule has 114 valence electrons. The molecule has 0 bridgehead atoms. The van der Waals surface area contributed by atoms with Crippen molar-refractivity contribution in [3.63, 3.8) is 0 Å². The van der Waals surface area contributed by atoms with Crippen LogP contribution >= 0.6 is 0 Å². The molecular formula is C16H33NO2. The second kappa shape index (κ2) is 8.93. The van der Waals surface area contributed by atoms with Gasteiger partial charge >= 0.3 is 0 Å². The van der Waals surface area contributed by atoms with Gasteiger partial charge in [-0.05, 0) is 37.6 Å². The third kappa shape index (κ3) is 8.61. The molecule has 3 nitrogen and oxygen atoms in total. The number of hydrogen-bond acceptors (Lipinski definition) is 3. The molecule has 19 heavy (non-hydrogen) atoms. The van der Waals surface area contributed by atoms with Crippen LogP contribution in [0.5, 0.6) is 0 Å². The molecule has 0 amide bonds. The van der Waals surface area contributed by atoms with Gasteiger partial charge in [0.25, 0.3) is 0 Å². The molecule has 0 aliphatic carbocycles. The van der Waals surface area contributed by atoms with E-state index in [1.807, 2.05) is 7.11 Å². The van der Waals surface area contributed by atoms with E-state index >= 15 is 0 Å². The lowest BCUT2D eigenvalue weighted by Crippen LogP contribution is -2.37. The van der Waals surface area contributed by atoms with E-state index < -0.39 is 0 Å². The van der Waals surface area contributed by atoms with E-state index in [9.17, 15) is 0 Å². The fraction of sp³-hybridized carbons (Fsp3) is 1.00. The Balaban J connectivity index is 2.07. The first-order valence-corrected chi connectivity index (χ1v) is 7.84. The molecule has 1 fully saturated rings. The van der Waals surface area contributed by atoms with Gasteiger partial charge in [-0.25, -0.2) is 0 Å². The molecular weight excluding hydrogens is 238 g/mol. The van der Waals surface area contributed by atoms with Crippen molar-refractivity contribution in [1.82, 2.24) is 4.90 Å². The first-order valence-electron chi connectivity index (χ1n) is 7.84. The van der Waals surface area contributed by atoms with Crippen molar-refractivity contribution in [3.8, 4) is 0 Å². The molecule has 0 aromatic carbocycles. The Bertz CT molecular complexity index is 219. The van der Waals surface area contributed by atoms with Crippen LogP contribution in [0.15, 0.2) is 0 Å². The molecule has 0 unspecified atom stereocenters. The lowest BCUT2D eigenvalue weighted by molar-refractivity contribution is 0.0323. The Morgan fingerprint density at radius 1 is 1.11 bits per heavy atom. The van der Waals surface area contributed by atoms with Gasteiger partial charge in [0.05, 0.1) is 19.3 Å². The molecule has 1 saturated heterocycles. The van der Waals surface area contributed by atoms with Crippen molar-refractivity contribution < 1.29 is 9.47 Å². The van der Waals surface area contributed by atoms with Crippen LogP contribution in [0.25, 0.3) is 0 Å². The third-order valence-corrected chi connectivity index (χ3v) is 3.89. The SMILES string of the molecule is CO[C@@H](CCCN1CCOCC1)CCCC(C)(C)C. The predicted octanol–water partition coefficient (Wildman–Crippen LogP) is 3.33. The molecule has 0 radical (unpaired) electrons. The second-order valence-corrected chi connectivity index (χ2v) is 6.91. The molecule has 0 aromatic heterocycles. The summed E-state index contributed by atoms with van der Waals surface area (Å²) in [6.07, 6.45) is 6.65. The summed E-state index contributed by atoms with van der Waals surface area (Å²) >= 11 is 0. The number of nitrogens with zero attached hydrogens (tertiary/aromatic N) is 1. The Hall–Kier alpha value is -0.120. The maximum atomic E-state index is 5.61. The molecule has 1 atom stereocenters. The van der Waals surface area contributed by atoms with Gasteiger partial charge in [-0.2, -0.15) is 0 Å². The van der Waals surface area contributed by atoms with E-state index in [4.69, 9.17) is 9.47 Å². The summed E-state index contributed by atoms with van der Waals surface area (Å²) in [6, 6.07) is 0. The average Bonchev–Trinajstić information content (AvgIpc) is 2.37. The Morgan fingerprint density at radius 3 is 2.32 bits per heavy atom. The van der Waals surface area contributed by atoms with Gasteiger partial charge < -0.3 is 9.47 Å². The molecule has 0 spiro atoms. The topological polar surface area (TPSA) is 21.7 Å². The predicted molar refractivity (Wildman–Crippen MR) is 80.6 cm³/mol. The Kier molecular flexibility index (Phi) is 7.96. The fourth-order valence-electron chi connectivity index (χ4n) is 2.61. The van der Waals surface area contributed by atoms with Gasteiger partial charge in [0.2, 0.25) is 0 Å². The minimum Gasteiger partial charge on any atom is -0.381 e. The van der Waals surface area contributed by atoms with Crippen LogP contribution < -0.4 is 0 Å². The molecule has 1 aliphatic rings. The number of hydrogen-bond donors (Lipinski definition) is 0. The minimum absolute atomic E-state index is 0.448. The van der Waals surface area contributed by atoms with E-state index in [1.54, 1.807) is 0 Å². The van der Waals surface area contributed by atoms with Crippen molar-refractivity contribution in [3.05, 3.63) is 0 Å². The third-order valence-electron chi connectivity index (χ3n) is 3.89. The summed E-state index contributed by atoms with van der Waals surface area (Å²) < 4.78 is 11.0. The number of morpholine rings is 1. The van der Waals surface area contributed by atoms with Crippen molar-refractivity contribution in [2.45, 2.75) is 59.0 Å². The summed E-state index contributed by atoms with van der Waals surface area (Å²) in [5, 5.41) is 0. The van der Waals surface area contributed by atoms with Crippen molar-refractivity contribution >= 4 is 0 Å². The maximum absolute atomic E-state index is 5.61. The molecule has 1 aliphatic heterocycles. The second-order valence-electron chi connectivity index (χ2n) is 6.91. The quantitative estimate of drug-likeness (QED) is 0.676. The van der Waals surface area contributed by atoms with Crippen LogP contribution in [0.2, 0.25) is 0 Å². The number of rotatable bonds is 8. The van der Waals surface area contributed by atoms with Gasteiger partial charge in [-0.1, -0.05) is 27.2 Å². The van der Waals surface area contributed by atoms with Gasteiger partial charge in [0, 0.05) is 20.2 Å². The van der Waals surface area contributed by atoms with Crippen LogP contribution in [0.1, 0.15) is 52.9 Å². The molecule has 0 aromatic rings. The molecule has 0 saturated carbocycles. The zero-order chi connectivity index (χ0) is 14.1. The number of methoxy groups -OCH3 is 1. The monoisotopic (exact) mass is 271 g/mol. The zero-order valence-electron chi connectivity index (χ0n) is 13.4. The highest BCUT2D eigenvalue weighted by Gasteiger charge is 2.14. The lowest BCUT2D eigenvalue weighted by atomic mass is 9.89. The summed E-state index contributed by atoms with van der Waals surface area (Å²) in [6.45, 7) is 12.1. The molecule has 3 heteroatoms. The van der Waals surface area contributed by atoms with Crippen LogP contribution in [0.3, 0.4) is 0 Å². The van der Waals surface area contributed by atoms with Gasteiger partial charge in [0.1, 0.15) is 0 Å². The van der Waals surface area contributed by atoms with Crippen LogP contribution in [-0.4, -0.2) is 51.0 Å². The summed E-state index contributed by atoms with van der Waals surface area (Å²) in [7, 11) is 1.86. The van der Waals surface area contributed by atoms with E-state index in [0.29, 0.717) is 11.5 Å². The van der Waals surface area contributed by atoms with Gasteiger partial charge in [-0.3, -0.25) is 4.90 Å². The summed E-state index contributed by atoms with van der Waals surface area (Å²) in [4.78, 5) is 2.51. The Morgan fingerprint density at radius 2 is 1.74 bits per heavy atom.